The Morgan fingerprint density at radius 3 is 2.25 bits per heavy atom. The molecule has 0 aliphatic heterocycles. The summed E-state index contributed by atoms with van der Waals surface area (Å²) >= 11 is 0. The van der Waals surface area contributed by atoms with Gasteiger partial charge in [0.25, 0.3) is 0 Å². The number of benzene rings is 2. The molecule has 4 rings (SSSR count). The van der Waals surface area contributed by atoms with E-state index in [2.05, 4.69) is 140 Å². The van der Waals surface area contributed by atoms with Gasteiger partial charge >= 0.3 is 0 Å². The molecule has 0 radical (unpaired) electrons. The summed E-state index contributed by atoms with van der Waals surface area (Å²) in [4.78, 5) is 0. The molecule has 40 heavy (non-hydrogen) atoms. The van der Waals surface area contributed by atoms with Gasteiger partial charge in [0.1, 0.15) is 0 Å². The molecule has 1 heteroatoms. The first-order valence-corrected chi connectivity index (χ1v) is 15.7. The van der Waals surface area contributed by atoms with E-state index in [-0.39, 0.29) is 21.7 Å². The van der Waals surface area contributed by atoms with Crippen LogP contribution in [0.25, 0.3) is 0 Å². The Morgan fingerprint density at radius 1 is 1.00 bits per heavy atom. The lowest BCUT2D eigenvalue weighted by Crippen LogP contribution is -2.69. The van der Waals surface area contributed by atoms with E-state index in [4.69, 9.17) is 5.73 Å². The van der Waals surface area contributed by atoms with E-state index in [1.54, 1.807) is 11.1 Å². The van der Waals surface area contributed by atoms with Crippen LogP contribution in [-0.2, 0) is 10.8 Å². The third kappa shape index (κ3) is 4.27. The second-order valence-corrected chi connectivity index (χ2v) is 13.1. The molecule has 2 aliphatic rings. The van der Waals surface area contributed by atoms with Crippen molar-refractivity contribution < 1.29 is 0 Å². The van der Waals surface area contributed by atoms with Gasteiger partial charge in [-0.15, -0.1) is 6.58 Å². The molecule has 0 saturated heterocycles. The summed E-state index contributed by atoms with van der Waals surface area (Å²) in [5.41, 5.74) is 13.1. The summed E-state index contributed by atoms with van der Waals surface area (Å²) in [6.45, 7) is 20.9. The number of rotatable bonds is 13. The van der Waals surface area contributed by atoms with E-state index in [0.717, 1.165) is 18.5 Å². The standard InChI is InChI=1S/C39H53N/c1-9-13-16-25-36(8,31-19-21-32(40)22-20-31)38-27-26-37(38,23-10-2)35(28-38)39(24-11-3,30(7)12-4)34-18-15-14-17-33(34)29(5)6/h9-10,13-22,25,28-30H,2,11-12,23-24,26-27,40H2,1,3-8H3/b13-9-,25-16-/t30?,36?,37-,38+,39?/m0/s1. The first-order valence-electron chi connectivity index (χ1n) is 15.7. The highest BCUT2D eigenvalue weighted by molar-refractivity contribution is 5.60. The Hall–Kier alpha value is -2.80. The number of hydrogen-bond donors (Lipinski definition) is 1. The molecule has 3 unspecified atom stereocenters. The fourth-order valence-corrected chi connectivity index (χ4v) is 8.72. The van der Waals surface area contributed by atoms with E-state index in [9.17, 15) is 0 Å². The Balaban J connectivity index is 2.05. The number of allylic oxidation sites excluding steroid dienone is 7. The molecule has 0 amide bonds. The molecule has 214 valence electrons. The molecule has 1 saturated carbocycles. The van der Waals surface area contributed by atoms with Gasteiger partial charge in [0, 0.05) is 27.3 Å². The summed E-state index contributed by atoms with van der Waals surface area (Å²) in [5.74, 6) is 1.03. The zero-order chi connectivity index (χ0) is 29.2. The van der Waals surface area contributed by atoms with E-state index in [1.807, 2.05) is 0 Å². The molecule has 1 fully saturated rings. The lowest BCUT2D eigenvalue weighted by molar-refractivity contribution is -0.101. The molecule has 1 nitrogen and oxygen atoms in total. The van der Waals surface area contributed by atoms with Crippen molar-refractivity contribution in [1.29, 1.82) is 0 Å². The lowest BCUT2D eigenvalue weighted by Gasteiger charge is -2.75. The van der Waals surface area contributed by atoms with Gasteiger partial charge in [-0.05, 0) is 73.3 Å². The minimum absolute atomic E-state index is 0.0202. The number of nitrogen functional groups attached to an aromatic ring is 1. The third-order valence-electron chi connectivity index (χ3n) is 11.0. The van der Waals surface area contributed by atoms with Gasteiger partial charge in [-0.3, -0.25) is 0 Å². The number of anilines is 1. The monoisotopic (exact) mass is 535 g/mol. The molecular formula is C39H53N. The van der Waals surface area contributed by atoms with Crippen molar-refractivity contribution in [2.24, 2.45) is 16.7 Å². The van der Waals surface area contributed by atoms with Crippen molar-refractivity contribution >= 4 is 5.69 Å². The SMILES string of the molecule is C=CC[C@@]12CC[C@]1(C(C)(/C=C\C=C/C)c1ccc(N)cc1)C=C2C(CCC)(c1ccccc1C(C)C)C(C)CC. The maximum absolute atomic E-state index is 6.17. The quantitative estimate of drug-likeness (QED) is 0.154. The summed E-state index contributed by atoms with van der Waals surface area (Å²) in [7, 11) is 0. The van der Waals surface area contributed by atoms with Crippen molar-refractivity contribution in [2.45, 2.75) is 104 Å². The molecule has 0 aromatic heterocycles. The van der Waals surface area contributed by atoms with Gasteiger partial charge in [0.2, 0.25) is 0 Å². The summed E-state index contributed by atoms with van der Waals surface area (Å²) in [6, 6.07) is 18.0. The van der Waals surface area contributed by atoms with Gasteiger partial charge in [-0.1, -0.05) is 133 Å². The largest absolute Gasteiger partial charge is 0.399 e. The van der Waals surface area contributed by atoms with Gasteiger partial charge < -0.3 is 5.73 Å². The topological polar surface area (TPSA) is 26.0 Å². The van der Waals surface area contributed by atoms with Crippen LogP contribution >= 0.6 is 0 Å². The fraction of sp³-hybridized carbons (Fsp3) is 0.487. The molecule has 2 aromatic rings. The van der Waals surface area contributed by atoms with Crippen LogP contribution in [0.3, 0.4) is 0 Å². The Morgan fingerprint density at radius 2 is 1.70 bits per heavy atom. The summed E-state index contributed by atoms with van der Waals surface area (Å²) in [6.07, 6.45) is 20.9. The second-order valence-electron chi connectivity index (χ2n) is 13.1. The summed E-state index contributed by atoms with van der Waals surface area (Å²) < 4.78 is 0. The van der Waals surface area contributed by atoms with Crippen LogP contribution < -0.4 is 5.73 Å². The van der Waals surface area contributed by atoms with Crippen molar-refractivity contribution in [1.82, 2.24) is 0 Å². The number of hydrogen-bond acceptors (Lipinski definition) is 1. The Kier molecular flexibility index (Phi) is 8.74. The lowest BCUT2D eigenvalue weighted by atomic mass is 9.27. The minimum Gasteiger partial charge on any atom is -0.399 e. The molecule has 2 aromatic carbocycles. The average Bonchev–Trinajstić information content (AvgIpc) is 2.95. The predicted molar refractivity (Wildman–Crippen MR) is 176 cm³/mol. The second kappa shape index (κ2) is 11.6. The van der Waals surface area contributed by atoms with Crippen molar-refractivity contribution in [3.05, 3.63) is 114 Å². The van der Waals surface area contributed by atoms with Crippen LogP contribution in [0.15, 0.2) is 97.1 Å². The minimum atomic E-state index is -0.157. The van der Waals surface area contributed by atoms with Crippen LogP contribution in [0.2, 0.25) is 0 Å². The Bertz CT molecular complexity index is 1280. The number of fused-ring (bicyclic) bond motifs is 1. The highest BCUT2D eigenvalue weighted by Crippen LogP contribution is 2.80. The maximum atomic E-state index is 6.17. The average molecular weight is 536 g/mol. The van der Waals surface area contributed by atoms with Crippen LogP contribution in [0, 0.1) is 16.7 Å². The molecular weight excluding hydrogens is 482 g/mol. The van der Waals surface area contributed by atoms with Gasteiger partial charge in [-0.2, -0.15) is 0 Å². The Labute approximate surface area is 245 Å². The van der Waals surface area contributed by atoms with E-state index >= 15 is 0 Å². The molecule has 2 aliphatic carbocycles. The normalized spacial score (nSPS) is 25.9. The first-order chi connectivity index (χ1) is 19.1. The highest BCUT2D eigenvalue weighted by atomic mass is 14.8. The van der Waals surface area contributed by atoms with Gasteiger partial charge in [-0.25, -0.2) is 0 Å². The van der Waals surface area contributed by atoms with E-state index in [0.29, 0.717) is 11.8 Å². The maximum Gasteiger partial charge on any atom is 0.0314 e. The predicted octanol–water partition coefficient (Wildman–Crippen LogP) is 10.8. The molecule has 0 heterocycles. The summed E-state index contributed by atoms with van der Waals surface area (Å²) in [5, 5.41) is 0. The van der Waals surface area contributed by atoms with Crippen LogP contribution in [0.1, 0.15) is 110 Å². The van der Waals surface area contributed by atoms with Gasteiger partial charge in [0.15, 0.2) is 0 Å². The molecule has 5 atom stereocenters. The van der Waals surface area contributed by atoms with Crippen LogP contribution in [0.4, 0.5) is 5.69 Å². The first kappa shape index (κ1) is 30.2. The van der Waals surface area contributed by atoms with Crippen molar-refractivity contribution in [2.75, 3.05) is 5.73 Å². The zero-order valence-electron chi connectivity index (χ0n) is 26.3. The third-order valence-corrected chi connectivity index (χ3v) is 11.0. The van der Waals surface area contributed by atoms with Crippen LogP contribution in [0.5, 0.6) is 0 Å². The van der Waals surface area contributed by atoms with E-state index in [1.165, 1.54) is 36.8 Å². The van der Waals surface area contributed by atoms with Gasteiger partial charge in [0.05, 0.1) is 0 Å². The molecule has 0 bridgehead atoms. The number of nitrogens with two attached hydrogens (primary N) is 1. The molecule has 0 spiro atoms. The zero-order valence-corrected chi connectivity index (χ0v) is 26.3. The highest BCUT2D eigenvalue weighted by Gasteiger charge is 2.74. The van der Waals surface area contributed by atoms with Crippen LogP contribution in [-0.4, -0.2) is 0 Å². The molecule has 2 N–H and O–H groups in total. The van der Waals surface area contributed by atoms with E-state index < -0.39 is 0 Å². The van der Waals surface area contributed by atoms with Crippen molar-refractivity contribution in [3.63, 3.8) is 0 Å². The fourth-order valence-electron chi connectivity index (χ4n) is 8.72. The smallest absolute Gasteiger partial charge is 0.0314 e. The van der Waals surface area contributed by atoms with Crippen molar-refractivity contribution in [3.8, 4) is 0 Å².